The molecular formula is C5H7F4NO6S2. The van der Waals surface area contributed by atoms with E-state index < -0.39 is 49.7 Å². The van der Waals surface area contributed by atoms with Gasteiger partial charge in [0.25, 0.3) is 0 Å². The molecule has 0 aliphatic heterocycles. The smallest absolute Gasteiger partial charge is 0.278 e. The summed E-state index contributed by atoms with van der Waals surface area (Å²) in [4.78, 5) is 10.1. The predicted octanol–water partition coefficient (Wildman–Crippen LogP) is 1.05. The Labute approximate surface area is 103 Å². The zero-order valence-electron chi connectivity index (χ0n) is 8.55. The Kier molecular flexibility index (Phi) is 5.80. The van der Waals surface area contributed by atoms with E-state index in [1.165, 1.54) is 0 Å². The van der Waals surface area contributed by atoms with E-state index in [1.54, 1.807) is 0 Å². The Bertz CT molecular complexity index is 387. The summed E-state index contributed by atoms with van der Waals surface area (Å²) >= 11 is -1.02. The number of nitrogens with zero attached hydrogens (tertiary/aromatic N) is 1. The van der Waals surface area contributed by atoms with Crippen molar-refractivity contribution in [1.82, 2.24) is 4.31 Å². The maximum absolute atomic E-state index is 13.1. The Hall–Kier alpha value is -0.630. The van der Waals surface area contributed by atoms with Gasteiger partial charge < -0.3 is 0 Å². The van der Waals surface area contributed by atoms with Gasteiger partial charge in [0.1, 0.15) is 18.5 Å². The largest absolute Gasteiger partial charge is 0.371 e. The van der Waals surface area contributed by atoms with Gasteiger partial charge in [-0.3, -0.25) is 4.79 Å². The highest BCUT2D eigenvalue weighted by molar-refractivity contribution is 7.95. The molecule has 0 saturated heterocycles. The molecule has 0 unspecified atom stereocenters. The quantitative estimate of drug-likeness (QED) is 0.235. The summed E-state index contributed by atoms with van der Waals surface area (Å²) in [5.74, 6) is 0. The van der Waals surface area contributed by atoms with Crippen LogP contribution in [0.15, 0.2) is 0 Å². The second kappa shape index (κ2) is 6.01. The van der Waals surface area contributed by atoms with Crippen LogP contribution in [0.25, 0.3) is 0 Å². The zero-order chi connectivity index (χ0) is 14.6. The summed E-state index contributed by atoms with van der Waals surface area (Å²) in [6.45, 7) is 0. The molecule has 0 spiro atoms. The van der Waals surface area contributed by atoms with E-state index in [4.69, 9.17) is 5.26 Å². The third kappa shape index (κ3) is 4.24. The highest BCUT2D eigenvalue weighted by Crippen LogP contribution is 2.42. The van der Waals surface area contributed by atoms with Crippen molar-refractivity contribution in [3.63, 3.8) is 0 Å². The number of hydrogen-bond donors (Lipinski definition) is 1. The van der Waals surface area contributed by atoms with E-state index in [-0.39, 0.29) is 0 Å². The Morgan fingerprint density at radius 1 is 1.39 bits per heavy atom. The number of carbonyl (C=O) groups excluding carboxylic acids is 1. The van der Waals surface area contributed by atoms with Crippen LogP contribution in [0, 0.1) is 0 Å². The fourth-order valence-corrected chi connectivity index (χ4v) is 2.05. The second-order valence-electron chi connectivity index (χ2n) is 2.80. The monoisotopic (exact) mass is 317 g/mol. The molecule has 0 rings (SSSR count). The van der Waals surface area contributed by atoms with Crippen LogP contribution in [-0.4, -0.2) is 41.9 Å². The molecule has 0 bridgehead atoms. The van der Waals surface area contributed by atoms with E-state index in [2.05, 4.69) is 9.37 Å². The summed E-state index contributed by atoms with van der Waals surface area (Å²) in [6.07, 6.45) is -2.95. The first-order chi connectivity index (χ1) is 8.00. The Morgan fingerprint density at radius 3 is 2.28 bits per heavy atom. The van der Waals surface area contributed by atoms with Crippen molar-refractivity contribution in [2.45, 2.75) is 16.9 Å². The standard InChI is InChI=1S/C5H7F4NO6S2/c1-10(3-11)18(13,14)5(8,9)2-4(6,7)17-16-15-12/h3,12H,2H2,1H3. The Balaban J connectivity index is 5.00. The van der Waals surface area contributed by atoms with E-state index >= 15 is 0 Å². The van der Waals surface area contributed by atoms with E-state index in [9.17, 15) is 30.8 Å². The second-order valence-corrected chi connectivity index (χ2v) is 5.83. The lowest BCUT2D eigenvalue weighted by atomic mass is 10.4. The maximum atomic E-state index is 13.1. The van der Waals surface area contributed by atoms with Crippen molar-refractivity contribution in [2.75, 3.05) is 7.05 Å². The topological polar surface area (TPSA) is 93.1 Å². The molecule has 0 radical (unpaired) electrons. The molecule has 108 valence electrons. The van der Waals surface area contributed by atoms with Gasteiger partial charge in [-0.05, 0) is 0 Å². The van der Waals surface area contributed by atoms with E-state index in [0.717, 1.165) is 0 Å². The van der Waals surface area contributed by atoms with Crippen LogP contribution >= 0.6 is 12.0 Å². The van der Waals surface area contributed by atoms with Crippen LogP contribution in [0.3, 0.4) is 0 Å². The molecule has 0 saturated carbocycles. The number of halogens is 4. The molecule has 0 aromatic rings. The van der Waals surface area contributed by atoms with Crippen molar-refractivity contribution in [1.29, 1.82) is 0 Å². The number of sulfonamides is 1. The highest BCUT2D eigenvalue weighted by atomic mass is 32.2. The van der Waals surface area contributed by atoms with Gasteiger partial charge >= 0.3 is 20.5 Å². The van der Waals surface area contributed by atoms with Gasteiger partial charge in [-0.1, -0.05) is 5.04 Å². The molecule has 0 fully saturated rings. The molecule has 1 amide bonds. The summed E-state index contributed by atoms with van der Waals surface area (Å²) < 4.78 is 76.7. The van der Waals surface area contributed by atoms with Crippen molar-refractivity contribution in [3.05, 3.63) is 0 Å². The van der Waals surface area contributed by atoms with Gasteiger partial charge in [0.2, 0.25) is 6.41 Å². The minimum absolute atomic E-state index is 0.433. The predicted molar refractivity (Wildman–Crippen MR) is 49.6 cm³/mol. The molecule has 13 heteroatoms. The van der Waals surface area contributed by atoms with Crippen LogP contribution in [0.1, 0.15) is 6.42 Å². The van der Waals surface area contributed by atoms with Gasteiger partial charge in [0.05, 0.1) is 0 Å². The summed E-state index contributed by atoms with van der Waals surface area (Å²) in [6, 6.07) is 0. The van der Waals surface area contributed by atoms with Crippen LogP contribution < -0.4 is 0 Å². The summed E-state index contributed by atoms with van der Waals surface area (Å²) in [5, 5.41) is 1.04. The zero-order valence-corrected chi connectivity index (χ0v) is 10.2. The van der Waals surface area contributed by atoms with Crippen molar-refractivity contribution >= 4 is 28.5 Å². The lowest BCUT2D eigenvalue weighted by Gasteiger charge is -2.23. The van der Waals surface area contributed by atoms with Gasteiger partial charge in [0, 0.05) is 7.05 Å². The summed E-state index contributed by atoms with van der Waals surface area (Å²) in [5.41, 5.74) is 0. The number of amides is 1. The number of carbonyl (C=O) groups is 1. The van der Waals surface area contributed by atoms with Crippen molar-refractivity contribution < 1.29 is 45.4 Å². The molecule has 1 N–H and O–H groups in total. The molecular weight excluding hydrogens is 310 g/mol. The molecule has 0 heterocycles. The van der Waals surface area contributed by atoms with E-state index in [1.807, 2.05) is 0 Å². The van der Waals surface area contributed by atoms with Gasteiger partial charge in [-0.15, -0.1) is 4.33 Å². The van der Waals surface area contributed by atoms with Crippen LogP contribution in [0.5, 0.6) is 0 Å². The molecule has 0 aliphatic carbocycles. The van der Waals surface area contributed by atoms with Crippen LogP contribution in [0.4, 0.5) is 17.6 Å². The fraction of sp³-hybridized carbons (Fsp3) is 0.800. The first-order valence-corrected chi connectivity index (χ1v) is 6.03. The fourth-order valence-electron chi connectivity index (χ4n) is 0.693. The average molecular weight is 317 g/mol. The lowest BCUT2D eigenvalue weighted by Crippen LogP contribution is -2.43. The van der Waals surface area contributed by atoms with E-state index in [0.29, 0.717) is 7.05 Å². The minimum Gasteiger partial charge on any atom is -0.278 e. The normalized spacial score (nSPS) is 13.4. The average Bonchev–Trinajstić information content (AvgIpc) is 2.23. The Morgan fingerprint density at radius 2 is 1.89 bits per heavy atom. The van der Waals surface area contributed by atoms with Gasteiger partial charge in [-0.2, -0.15) is 26.0 Å². The van der Waals surface area contributed by atoms with Gasteiger partial charge in [0.15, 0.2) is 0 Å². The van der Waals surface area contributed by atoms with Crippen molar-refractivity contribution in [2.24, 2.45) is 0 Å². The lowest BCUT2D eigenvalue weighted by molar-refractivity contribution is -0.433. The van der Waals surface area contributed by atoms with Crippen LogP contribution in [0.2, 0.25) is 0 Å². The molecule has 0 aromatic heterocycles. The highest BCUT2D eigenvalue weighted by Gasteiger charge is 2.55. The first-order valence-electron chi connectivity index (χ1n) is 3.84. The molecule has 0 aliphatic rings. The number of hydrogen-bond acceptors (Lipinski definition) is 7. The number of alkyl halides is 4. The maximum Gasteiger partial charge on any atom is 0.371 e. The first kappa shape index (κ1) is 17.4. The number of rotatable bonds is 8. The van der Waals surface area contributed by atoms with Gasteiger partial charge in [-0.25, -0.2) is 9.56 Å². The molecule has 0 aromatic carbocycles. The molecule has 18 heavy (non-hydrogen) atoms. The molecule has 7 nitrogen and oxygen atoms in total. The third-order valence-electron chi connectivity index (χ3n) is 1.50. The molecule has 0 atom stereocenters. The SMILES string of the molecule is CN(C=O)S(=O)(=O)C(F)(F)CC(F)(F)SOOO. The van der Waals surface area contributed by atoms with Crippen molar-refractivity contribution in [3.8, 4) is 0 Å². The minimum atomic E-state index is -5.57. The van der Waals surface area contributed by atoms with Crippen LogP contribution in [-0.2, 0) is 24.2 Å². The third-order valence-corrected chi connectivity index (χ3v) is 3.76. The summed E-state index contributed by atoms with van der Waals surface area (Å²) in [7, 11) is -5.10.